The second-order valence-corrected chi connectivity index (χ2v) is 11.7. The zero-order chi connectivity index (χ0) is 25.2. The summed E-state index contributed by atoms with van der Waals surface area (Å²) in [5.41, 5.74) is 4.82. The molecule has 1 unspecified atom stereocenters. The third-order valence-corrected chi connectivity index (χ3v) is 8.82. The molecule has 0 spiro atoms. The number of allylic oxidation sites excluding steroid dienone is 5. The van der Waals surface area contributed by atoms with Gasteiger partial charge in [-0.3, -0.25) is 4.79 Å². The Morgan fingerprint density at radius 2 is 2.06 bits per heavy atom. The number of amides is 1. The minimum Gasteiger partial charge on any atom is -0.348 e. The van der Waals surface area contributed by atoms with Crippen LogP contribution in [0, 0.1) is 5.92 Å². The first-order valence-electron chi connectivity index (χ1n) is 12.6. The Morgan fingerprint density at radius 3 is 2.78 bits per heavy atom. The molecule has 2 heterocycles. The molecule has 1 aromatic heterocycles. The maximum atomic E-state index is 13.8. The summed E-state index contributed by atoms with van der Waals surface area (Å²) in [4.78, 5) is 13.8. The summed E-state index contributed by atoms with van der Waals surface area (Å²) < 4.78 is 15.2. The van der Waals surface area contributed by atoms with Crippen LogP contribution in [0.15, 0.2) is 48.1 Å². The van der Waals surface area contributed by atoms with Gasteiger partial charge in [-0.1, -0.05) is 54.6 Å². The Balaban J connectivity index is 1.55. The van der Waals surface area contributed by atoms with Crippen molar-refractivity contribution < 1.29 is 9.18 Å². The van der Waals surface area contributed by atoms with Crippen LogP contribution < -0.4 is 5.32 Å². The number of hydrogen-bond acceptors (Lipinski definition) is 3. The van der Waals surface area contributed by atoms with Gasteiger partial charge >= 0.3 is 0 Å². The molecule has 1 aliphatic heterocycles. The van der Waals surface area contributed by atoms with Crippen LogP contribution >= 0.6 is 35.0 Å². The van der Waals surface area contributed by atoms with Gasteiger partial charge in [0, 0.05) is 34.6 Å². The Morgan fingerprint density at radius 1 is 1.25 bits per heavy atom. The van der Waals surface area contributed by atoms with Crippen molar-refractivity contribution in [3.05, 3.63) is 75.1 Å². The highest BCUT2D eigenvalue weighted by molar-refractivity contribution is 7.99. The molecule has 3 aliphatic rings. The summed E-state index contributed by atoms with van der Waals surface area (Å²) in [6.45, 7) is 2.11. The molecule has 0 bridgehead atoms. The van der Waals surface area contributed by atoms with Crippen LogP contribution in [-0.2, 0) is 5.75 Å². The maximum absolute atomic E-state index is 13.8. The Hall–Kier alpha value is -2.02. The third-order valence-electron chi connectivity index (χ3n) is 7.28. The number of carbonyl (C=O) groups is 1. The minimum atomic E-state index is -0.934. The number of aromatic nitrogens is 2. The first-order chi connectivity index (χ1) is 17.4. The lowest BCUT2D eigenvalue weighted by atomic mass is 9.84. The van der Waals surface area contributed by atoms with Crippen LogP contribution in [0.2, 0.25) is 10.0 Å². The molecule has 8 heteroatoms. The molecule has 1 saturated carbocycles. The second-order valence-electron chi connectivity index (χ2n) is 9.82. The summed E-state index contributed by atoms with van der Waals surface area (Å²) in [5.74, 6) is 1.80. The average Bonchev–Trinajstić information content (AvgIpc) is 3.26. The highest BCUT2D eigenvalue weighted by atomic mass is 35.5. The smallest absolute Gasteiger partial charge is 0.270 e. The molecule has 1 amide bonds. The van der Waals surface area contributed by atoms with Crippen LogP contribution in [0.3, 0.4) is 0 Å². The van der Waals surface area contributed by atoms with Crippen molar-refractivity contribution >= 4 is 46.4 Å². The van der Waals surface area contributed by atoms with Crippen LogP contribution in [-0.4, -0.2) is 33.7 Å². The van der Waals surface area contributed by atoms with Crippen LogP contribution in [0.4, 0.5) is 4.39 Å². The fourth-order valence-corrected chi connectivity index (χ4v) is 6.80. The molecule has 36 heavy (non-hydrogen) atoms. The molecule has 0 saturated heterocycles. The van der Waals surface area contributed by atoms with E-state index in [0.717, 1.165) is 41.0 Å². The molecule has 5 rings (SSSR count). The van der Waals surface area contributed by atoms with Gasteiger partial charge < -0.3 is 5.32 Å². The Kier molecular flexibility index (Phi) is 7.94. The van der Waals surface area contributed by atoms with E-state index in [1.807, 2.05) is 12.2 Å². The number of fused-ring (bicyclic) bond motifs is 1. The van der Waals surface area contributed by atoms with E-state index in [0.29, 0.717) is 39.5 Å². The molecular weight excluding hydrogens is 516 g/mol. The quantitative estimate of drug-likeness (QED) is 0.418. The lowest BCUT2D eigenvalue weighted by molar-refractivity contribution is 0.0910. The van der Waals surface area contributed by atoms with Crippen LogP contribution in [0.5, 0.6) is 0 Å². The van der Waals surface area contributed by atoms with Crippen LogP contribution in [0.25, 0.3) is 11.3 Å². The van der Waals surface area contributed by atoms with Crippen molar-refractivity contribution in [2.24, 2.45) is 5.92 Å². The normalized spacial score (nSPS) is 22.3. The van der Waals surface area contributed by atoms with E-state index in [-0.39, 0.29) is 11.9 Å². The van der Waals surface area contributed by atoms with Gasteiger partial charge in [0.05, 0.1) is 16.4 Å². The monoisotopic (exact) mass is 545 g/mol. The summed E-state index contributed by atoms with van der Waals surface area (Å²) in [5, 5.41) is 9.17. The SMILES string of the molecule is C[C@@H](NC(=O)c1c2c(nn1-c1ccc(Cl)cc1Cl)C(=CC1=CCC(F)C=C1)CSC2)C1CCCCC1. The van der Waals surface area contributed by atoms with Crippen LogP contribution in [0.1, 0.15) is 67.2 Å². The van der Waals surface area contributed by atoms with Crippen molar-refractivity contribution in [1.29, 1.82) is 0 Å². The number of hydrogen-bond donors (Lipinski definition) is 1. The molecule has 2 aromatic rings. The molecule has 1 fully saturated rings. The van der Waals surface area contributed by atoms with E-state index in [9.17, 15) is 9.18 Å². The van der Waals surface area contributed by atoms with Crippen molar-refractivity contribution in [1.82, 2.24) is 15.1 Å². The van der Waals surface area contributed by atoms with Crippen molar-refractivity contribution in [3.63, 3.8) is 0 Å². The summed E-state index contributed by atoms with van der Waals surface area (Å²) in [6.07, 6.45) is 12.8. The molecule has 190 valence electrons. The molecule has 1 N–H and O–H groups in total. The third kappa shape index (κ3) is 5.46. The number of thioether (sulfide) groups is 1. The minimum absolute atomic E-state index is 0.0786. The van der Waals surface area contributed by atoms with E-state index in [1.165, 1.54) is 19.3 Å². The fourth-order valence-electron chi connectivity index (χ4n) is 5.29. The molecule has 2 aliphatic carbocycles. The molecule has 4 nitrogen and oxygen atoms in total. The first-order valence-corrected chi connectivity index (χ1v) is 14.5. The zero-order valence-corrected chi connectivity index (χ0v) is 22.6. The second kappa shape index (κ2) is 11.2. The van der Waals surface area contributed by atoms with Gasteiger partial charge in [0.25, 0.3) is 5.91 Å². The van der Waals surface area contributed by atoms with E-state index in [1.54, 1.807) is 40.7 Å². The number of halogens is 3. The van der Waals surface area contributed by atoms with E-state index < -0.39 is 6.17 Å². The van der Waals surface area contributed by atoms with Gasteiger partial charge in [0.2, 0.25) is 0 Å². The summed E-state index contributed by atoms with van der Waals surface area (Å²) >= 11 is 14.5. The summed E-state index contributed by atoms with van der Waals surface area (Å²) in [6, 6.07) is 5.30. The Bertz CT molecular complexity index is 1250. The van der Waals surface area contributed by atoms with Crippen molar-refractivity contribution in [3.8, 4) is 5.69 Å². The lowest BCUT2D eigenvalue weighted by Crippen LogP contribution is -2.40. The first kappa shape index (κ1) is 25.6. The highest BCUT2D eigenvalue weighted by Crippen LogP contribution is 2.38. The average molecular weight is 547 g/mol. The summed E-state index contributed by atoms with van der Waals surface area (Å²) in [7, 11) is 0. The maximum Gasteiger partial charge on any atom is 0.270 e. The molecule has 1 aromatic carbocycles. The molecule has 0 radical (unpaired) electrons. The highest BCUT2D eigenvalue weighted by Gasteiger charge is 2.31. The van der Waals surface area contributed by atoms with Gasteiger partial charge in [-0.05, 0) is 67.2 Å². The number of rotatable bonds is 5. The fraction of sp³-hybridized carbons (Fsp3) is 0.429. The van der Waals surface area contributed by atoms with Crippen molar-refractivity contribution in [2.45, 2.75) is 63.4 Å². The van der Waals surface area contributed by atoms with Gasteiger partial charge in [-0.15, -0.1) is 0 Å². The van der Waals surface area contributed by atoms with Gasteiger partial charge in [0.15, 0.2) is 0 Å². The van der Waals surface area contributed by atoms with E-state index in [4.69, 9.17) is 28.3 Å². The number of carbonyl (C=O) groups excluding carboxylic acids is 1. The lowest BCUT2D eigenvalue weighted by Gasteiger charge is -2.28. The topological polar surface area (TPSA) is 46.9 Å². The number of benzene rings is 1. The number of nitrogens with zero attached hydrogens (tertiary/aromatic N) is 2. The van der Waals surface area contributed by atoms with Gasteiger partial charge in [-0.2, -0.15) is 16.9 Å². The largest absolute Gasteiger partial charge is 0.348 e. The molecular formula is C28H30Cl2FN3OS. The Labute approximate surface area is 226 Å². The number of nitrogens with one attached hydrogen (secondary N) is 1. The van der Waals surface area contributed by atoms with Crippen molar-refractivity contribution in [2.75, 3.05) is 5.75 Å². The predicted octanol–water partition coefficient (Wildman–Crippen LogP) is 7.73. The number of alkyl halides is 1. The van der Waals surface area contributed by atoms with E-state index >= 15 is 0 Å². The zero-order valence-electron chi connectivity index (χ0n) is 20.3. The standard InChI is InChI=1S/C28H30Cl2FN3OS/c1-17(19-5-3-2-4-6-19)32-28(35)27-23-16-36-15-20(13-18-7-10-22(31)11-8-18)26(23)33-34(27)25-12-9-21(29)14-24(25)30/h7-10,12-14,17,19,22H,2-6,11,15-16H2,1H3,(H,32,35)/t17-,22?/m1/s1. The molecule has 2 atom stereocenters. The predicted molar refractivity (Wildman–Crippen MR) is 148 cm³/mol. The van der Waals surface area contributed by atoms with Gasteiger partial charge in [0.1, 0.15) is 11.9 Å². The van der Waals surface area contributed by atoms with Gasteiger partial charge in [-0.25, -0.2) is 9.07 Å². The van der Waals surface area contributed by atoms with E-state index in [2.05, 4.69) is 18.3 Å².